The average molecular weight is 339 g/mol. The lowest BCUT2D eigenvalue weighted by molar-refractivity contribution is 0.439. The van der Waals surface area contributed by atoms with Crippen molar-refractivity contribution in [3.05, 3.63) is 45.3 Å². The minimum atomic E-state index is -0.354. The van der Waals surface area contributed by atoms with E-state index in [9.17, 15) is 4.39 Å². The summed E-state index contributed by atoms with van der Waals surface area (Å²) in [6, 6.07) is 8.31. The van der Waals surface area contributed by atoms with Crippen LogP contribution in [0.1, 0.15) is 0 Å². The van der Waals surface area contributed by atoms with Crippen LogP contribution in [0.5, 0.6) is 0 Å². The third-order valence-electron chi connectivity index (χ3n) is 2.70. The zero-order valence-electron chi connectivity index (χ0n) is 9.56. The molecule has 0 aliphatic rings. The van der Waals surface area contributed by atoms with Crippen LogP contribution in [0.2, 0.25) is 0 Å². The molecule has 3 rings (SSSR count). The molecule has 6 heteroatoms. The maximum atomic E-state index is 13.9. The lowest BCUT2D eigenvalue weighted by Gasteiger charge is -2.02. The van der Waals surface area contributed by atoms with Crippen molar-refractivity contribution >= 4 is 33.2 Å². The van der Waals surface area contributed by atoms with Gasteiger partial charge >= 0.3 is 0 Å². The number of anilines is 1. The number of nitrogens with two attached hydrogens (primary N) is 1. The van der Waals surface area contributed by atoms with Crippen LogP contribution in [0.25, 0.3) is 22.4 Å². The van der Waals surface area contributed by atoms with E-state index in [1.54, 1.807) is 18.2 Å². The predicted molar refractivity (Wildman–Crippen MR) is 77.3 cm³/mol. The molecule has 0 atom stereocenters. The Bertz CT molecular complexity index is 738. The molecule has 0 aliphatic carbocycles. The summed E-state index contributed by atoms with van der Waals surface area (Å²) in [5.41, 5.74) is 8.05. The third kappa shape index (κ3) is 2.17. The number of nitrogens with zero attached hydrogens (tertiary/aromatic N) is 1. The molecule has 19 heavy (non-hydrogen) atoms. The SMILES string of the molecule is Nc1onc(-c2csc(Br)c2)c1-c1ccccc1F. The summed E-state index contributed by atoms with van der Waals surface area (Å²) in [5.74, 6) is -0.240. The van der Waals surface area contributed by atoms with E-state index in [0.717, 1.165) is 9.35 Å². The highest BCUT2D eigenvalue weighted by Gasteiger charge is 2.20. The van der Waals surface area contributed by atoms with Crippen LogP contribution in [0.3, 0.4) is 0 Å². The molecule has 0 radical (unpaired) electrons. The van der Waals surface area contributed by atoms with E-state index in [0.29, 0.717) is 16.8 Å². The van der Waals surface area contributed by atoms with Crippen LogP contribution in [-0.2, 0) is 0 Å². The first-order chi connectivity index (χ1) is 9.16. The van der Waals surface area contributed by atoms with Crippen molar-refractivity contribution in [3.8, 4) is 22.4 Å². The quantitative estimate of drug-likeness (QED) is 0.745. The Morgan fingerprint density at radius 1 is 1.32 bits per heavy atom. The summed E-state index contributed by atoms with van der Waals surface area (Å²) >= 11 is 4.90. The van der Waals surface area contributed by atoms with Crippen LogP contribution in [-0.4, -0.2) is 5.16 Å². The van der Waals surface area contributed by atoms with Gasteiger partial charge in [-0.1, -0.05) is 23.4 Å². The standard InChI is InChI=1S/C13H8BrFN2OS/c14-10-5-7(6-19-10)12-11(13(16)18-17-12)8-3-1-2-4-9(8)15/h1-6H,16H2. The first kappa shape index (κ1) is 12.4. The number of benzene rings is 1. The van der Waals surface area contributed by atoms with Crippen molar-refractivity contribution in [1.29, 1.82) is 0 Å². The number of aromatic nitrogens is 1. The van der Waals surface area contributed by atoms with Gasteiger partial charge in [0.05, 0.1) is 9.35 Å². The summed E-state index contributed by atoms with van der Waals surface area (Å²) in [6.07, 6.45) is 0. The zero-order chi connectivity index (χ0) is 13.4. The second-order valence-electron chi connectivity index (χ2n) is 3.89. The number of nitrogen functional groups attached to an aromatic ring is 1. The van der Waals surface area contributed by atoms with E-state index in [2.05, 4.69) is 21.1 Å². The van der Waals surface area contributed by atoms with Gasteiger partial charge in [-0.15, -0.1) is 11.3 Å². The van der Waals surface area contributed by atoms with Gasteiger partial charge in [-0.3, -0.25) is 0 Å². The largest absolute Gasteiger partial charge is 0.367 e. The van der Waals surface area contributed by atoms with E-state index >= 15 is 0 Å². The molecule has 0 aliphatic heterocycles. The van der Waals surface area contributed by atoms with Gasteiger partial charge in [-0.25, -0.2) is 4.39 Å². The fraction of sp³-hybridized carbons (Fsp3) is 0. The molecule has 0 spiro atoms. The molecule has 0 fully saturated rings. The van der Waals surface area contributed by atoms with Crippen molar-refractivity contribution in [1.82, 2.24) is 5.16 Å². The Morgan fingerprint density at radius 3 is 2.79 bits per heavy atom. The monoisotopic (exact) mass is 338 g/mol. The van der Waals surface area contributed by atoms with Gasteiger partial charge in [0.25, 0.3) is 0 Å². The molecule has 3 nitrogen and oxygen atoms in total. The lowest BCUT2D eigenvalue weighted by Crippen LogP contribution is -1.90. The predicted octanol–water partition coefficient (Wildman–Crippen LogP) is 4.55. The van der Waals surface area contributed by atoms with Crippen LogP contribution in [0.4, 0.5) is 10.3 Å². The molecular weight excluding hydrogens is 331 g/mol. The molecule has 2 N–H and O–H groups in total. The fourth-order valence-corrected chi connectivity index (χ4v) is 3.00. The molecule has 2 heterocycles. The average Bonchev–Trinajstić information content (AvgIpc) is 2.96. The highest BCUT2D eigenvalue weighted by atomic mass is 79.9. The van der Waals surface area contributed by atoms with Crippen molar-refractivity contribution in [2.75, 3.05) is 5.73 Å². The molecule has 3 aromatic rings. The summed E-state index contributed by atoms with van der Waals surface area (Å²) in [4.78, 5) is 0. The number of hydrogen-bond donors (Lipinski definition) is 1. The van der Waals surface area contributed by atoms with Crippen LogP contribution < -0.4 is 5.73 Å². The van der Waals surface area contributed by atoms with Crippen LogP contribution in [0.15, 0.2) is 44.0 Å². The van der Waals surface area contributed by atoms with E-state index in [1.165, 1.54) is 17.4 Å². The molecule has 96 valence electrons. The molecule has 0 saturated carbocycles. The Morgan fingerprint density at radius 2 is 2.11 bits per heavy atom. The molecular formula is C13H8BrFN2OS. The van der Waals surface area contributed by atoms with E-state index in [-0.39, 0.29) is 11.7 Å². The van der Waals surface area contributed by atoms with Crippen molar-refractivity contribution in [2.45, 2.75) is 0 Å². The van der Waals surface area contributed by atoms with E-state index in [4.69, 9.17) is 10.3 Å². The minimum absolute atomic E-state index is 0.113. The smallest absolute Gasteiger partial charge is 0.230 e. The first-order valence-corrected chi connectivity index (χ1v) is 7.08. The normalized spacial score (nSPS) is 10.8. The van der Waals surface area contributed by atoms with Gasteiger partial charge in [0.15, 0.2) is 0 Å². The van der Waals surface area contributed by atoms with Gasteiger partial charge < -0.3 is 10.3 Å². The maximum absolute atomic E-state index is 13.9. The highest BCUT2D eigenvalue weighted by Crippen LogP contribution is 2.39. The Labute approximate surface area is 121 Å². The first-order valence-electron chi connectivity index (χ1n) is 5.41. The third-order valence-corrected chi connectivity index (χ3v) is 4.21. The van der Waals surface area contributed by atoms with Gasteiger partial charge in [0.2, 0.25) is 5.88 Å². The van der Waals surface area contributed by atoms with Crippen LogP contribution in [0, 0.1) is 5.82 Å². The number of thiophene rings is 1. The lowest BCUT2D eigenvalue weighted by atomic mass is 10.0. The van der Waals surface area contributed by atoms with E-state index in [1.807, 2.05) is 11.4 Å². The number of halogens is 2. The molecule has 0 unspecified atom stereocenters. The topological polar surface area (TPSA) is 52.0 Å². The second-order valence-corrected chi connectivity index (χ2v) is 6.18. The van der Waals surface area contributed by atoms with Crippen molar-refractivity contribution in [3.63, 3.8) is 0 Å². The van der Waals surface area contributed by atoms with Gasteiger partial charge in [-0.05, 0) is 28.1 Å². The second kappa shape index (κ2) is 4.79. The van der Waals surface area contributed by atoms with E-state index < -0.39 is 0 Å². The molecule has 0 amide bonds. The molecule has 2 aromatic heterocycles. The Hall–Kier alpha value is -1.66. The Balaban J connectivity index is 2.22. The summed E-state index contributed by atoms with van der Waals surface area (Å²) in [5, 5.41) is 5.84. The number of rotatable bonds is 2. The molecule has 1 aromatic carbocycles. The van der Waals surface area contributed by atoms with Gasteiger partial charge in [0.1, 0.15) is 11.5 Å². The zero-order valence-corrected chi connectivity index (χ0v) is 12.0. The highest BCUT2D eigenvalue weighted by molar-refractivity contribution is 9.11. The van der Waals surface area contributed by atoms with Crippen LogP contribution >= 0.6 is 27.3 Å². The Kier molecular flexibility index (Phi) is 3.12. The fourth-order valence-electron chi connectivity index (χ4n) is 1.86. The summed E-state index contributed by atoms with van der Waals surface area (Å²) in [7, 11) is 0. The van der Waals surface area contributed by atoms with Gasteiger partial charge in [-0.2, -0.15) is 0 Å². The summed E-state index contributed by atoms with van der Waals surface area (Å²) < 4.78 is 19.9. The molecule has 0 bridgehead atoms. The minimum Gasteiger partial charge on any atom is -0.367 e. The number of hydrogen-bond acceptors (Lipinski definition) is 4. The van der Waals surface area contributed by atoms with Gasteiger partial charge in [0, 0.05) is 16.5 Å². The summed E-state index contributed by atoms with van der Waals surface area (Å²) in [6.45, 7) is 0. The van der Waals surface area contributed by atoms with Crippen molar-refractivity contribution in [2.24, 2.45) is 0 Å². The van der Waals surface area contributed by atoms with Crippen molar-refractivity contribution < 1.29 is 8.91 Å². The molecule has 0 saturated heterocycles. The maximum Gasteiger partial charge on any atom is 0.230 e.